The predicted octanol–water partition coefficient (Wildman–Crippen LogP) is 6.49. The molecule has 0 saturated heterocycles. The third kappa shape index (κ3) is 2.59. The smallest absolute Gasteiger partial charge is 0.256 e. The first-order chi connectivity index (χ1) is 13.3. The van der Waals surface area contributed by atoms with Crippen molar-refractivity contribution in [2.24, 2.45) is 12.5 Å². The molecule has 0 N–H and O–H groups in total. The van der Waals surface area contributed by atoms with E-state index in [-0.39, 0.29) is 5.41 Å². The Bertz CT molecular complexity index is 1260. The fourth-order valence-electron chi connectivity index (χ4n) is 4.57. The highest BCUT2D eigenvalue weighted by Gasteiger charge is 2.30. The monoisotopic (exact) mass is 368 g/mol. The van der Waals surface area contributed by atoms with Crippen LogP contribution in [0.1, 0.15) is 31.9 Å². The van der Waals surface area contributed by atoms with Gasteiger partial charge in [-0.2, -0.15) is 4.57 Å². The van der Waals surface area contributed by atoms with Gasteiger partial charge < -0.3 is 4.74 Å². The van der Waals surface area contributed by atoms with Gasteiger partial charge in [-0.15, -0.1) is 0 Å². The second kappa shape index (κ2) is 5.81. The van der Waals surface area contributed by atoms with Crippen molar-refractivity contribution in [1.29, 1.82) is 0 Å². The van der Waals surface area contributed by atoms with Crippen LogP contribution < -0.4 is 9.30 Å². The molecule has 0 radical (unpaired) electrons. The lowest BCUT2D eigenvalue weighted by Gasteiger charge is -2.22. The van der Waals surface area contributed by atoms with Gasteiger partial charge in [-0.3, -0.25) is 0 Å². The van der Waals surface area contributed by atoms with Gasteiger partial charge in [0.25, 0.3) is 5.69 Å². The molecule has 1 aromatic heterocycles. The molecule has 2 heterocycles. The molecule has 1 aliphatic rings. The largest absolute Gasteiger partial charge is 0.450 e. The van der Waals surface area contributed by atoms with Crippen molar-refractivity contribution in [2.75, 3.05) is 0 Å². The maximum atomic E-state index is 6.41. The summed E-state index contributed by atoms with van der Waals surface area (Å²) in [6.07, 6.45) is 1.06. The average molecular weight is 369 g/mol. The molecule has 0 bridgehead atoms. The van der Waals surface area contributed by atoms with E-state index in [1.165, 1.54) is 38.4 Å². The second-order valence-corrected chi connectivity index (χ2v) is 9.26. The zero-order valence-corrected chi connectivity index (χ0v) is 17.3. The van der Waals surface area contributed by atoms with Crippen LogP contribution in [0.3, 0.4) is 0 Å². The van der Waals surface area contributed by atoms with Crippen LogP contribution in [0.5, 0.6) is 11.5 Å². The summed E-state index contributed by atoms with van der Waals surface area (Å²) < 4.78 is 8.71. The molecular formula is C26H26NO+. The Kier molecular flexibility index (Phi) is 3.58. The van der Waals surface area contributed by atoms with Crippen LogP contribution in [0.25, 0.3) is 32.9 Å². The maximum Gasteiger partial charge on any atom is 0.256 e. The quantitative estimate of drug-likeness (QED) is 0.308. The van der Waals surface area contributed by atoms with Crippen LogP contribution in [0.4, 0.5) is 0 Å². The molecule has 0 amide bonds. The van der Waals surface area contributed by atoms with Crippen LogP contribution in [0, 0.1) is 12.3 Å². The Labute approximate surface area is 166 Å². The van der Waals surface area contributed by atoms with Crippen LogP contribution >= 0.6 is 0 Å². The highest BCUT2D eigenvalue weighted by Crippen LogP contribution is 2.47. The molecule has 1 aliphatic heterocycles. The Morgan fingerprint density at radius 3 is 2.50 bits per heavy atom. The Balaban J connectivity index is 1.80. The molecule has 0 saturated carbocycles. The first-order valence-electron chi connectivity index (χ1n) is 9.98. The van der Waals surface area contributed by atoms with Gasteiger partial charge in [0.1, 0.15) is 12.8 Å². The van der Waals surface area contributed by atoms with Gasteiger partial charge in [-0.25, -0.2) is 0 Å². The third-order valence-corrected chi connectivity index (χ3v) is 5.72. The lowest BCUT2D eigenvalue weighted by molar-refractivity contribution is -0.633. The van der Waals surface area contributed by atoms with Crippen molar-refractivity contribution in [3.63, 3.8) is 0 Å². The van der Waals surface area contributed by atoms with E-state index in [1.54, 1.807) is 0 Å². The minimum atomic E-state index is 0.270. The first kappa shape index (κ1) is 17.2. The van der Waals surface area contributed by atoms with E-state index < -0.39 is 0 Å². The van der Waals surface area contributed by atoms with Gasteiger partial charge in [-0.1, -0.05) is 51.1 Å². The zero-order chi connectivity index (χ0) is 19.6. The summed E-state index contributed by atoms with van der Waals surface area (Å²) in [5.41, 5.74) is 6.61. The number of aromatic nitrogens is 1. The number of rotatable bonds is 1. The Hall–Kier alpha value is -2.87. The van der Waals surface area contributed by atoms with E-state index in [1.807, 2.05) is 0 Å². The van der Waals surface area contributed by atoms with Crippen molar-refractivity contribution in [1.82, 2.24) is 0 Å². The molecule has 0 spiro atoms. The minimum Gasteiger partial charge on any atom is -0.450 e. The minimum absolute atomic E-state index is 0.270. The van der Waals surface area contributed by atoms with Crippen molar-refractivity contribution >= 4 is 21.7 Å². The molecule has 0 fully saturated rings. The molecule has 5 rings (SSSR count). The highest BCUT2D eigenvalue weighted by molar-refractivity contribution is 6.04. The topological polar surface area (TPSA) is 13.1 Å². The normalized spacial score (nSPS) is 12.9. The van der Waals surface area contributed by atoms with Gasteiger partial charge >= 0.3 is 0 Å². The highest BCUT2D eigenvalue weighted by atomic mass is 16.5. The molecule has 0 aliphatic carbocycles. The van der Waals surface area contributed by atoms with Crippen molar-refractivity contribution < 1.29 is 9.30 Å². The number of hydrogen-bond acceptors (Lipinski definition) is 1. The molecule has 3 aromatic carbocycles. The SMILES string of the molecule is Cc1ccc2cccc3c2c1-c1c(cc2cc(CC(C)(C)C)ccc2[n+]1C)O3. The number of fused-ring (bicyclic) bond motifs is 3. The number of nitrogens with zero attached hydrogens (tertiary/aromatic N) is 1. The van der Waals surface area contributed by atoms with Gasteiger partial charge in [0.05, 0.1) is 10.9 Å². The van der Waals surface area contributed by atoms with Gasteiger partial charge in [-0.05, 0) is 47.4 Å². The lowest BCUT2D eigenvalue weighted by Crippen LogP contribution is -2.33. The van der Waals surface area contributed by atoms with Crippen molar-refractivity contribution in [2.45, 2.75) is 34.1 Å². The lowest BCUT2D eigenvalue weighted by atomic mass is 9.87. The third-order valence-electron chi connectivity index (χ3n) is 5.72. The van der Waals surface area contributed by atoms with Gasteiger partial charge in [0.15, 0.2) is 5.75 Å². The van der Waals surface area contributed by atoms with E-state index in [4.69, 9.17) is 4.74 Å². The summed E-state index contributed by atoms with van der Waals surface area (Å²) in [5, 5.41) is 3.67. The van der Waals surface area contributed by atoms with Gasteiger partial charge in [0, 0.05) is 17.5 Å². The summed E-state index contributed by atoms with van der Waals surface area (Å²) in [6, 6.07) is 19.8. The molecule has 4 aromatic rings. The van der Waals surface area contributed by atoms with Crippen LogP contribution in [-0.4, -0.2) is 0 Å². The van der Waals surface area contributed by atoms with E-state index in [9.17, 15) is 0 Å². The molecule has 140 valence electrons. The van der Waals surface area contributed by atoms with Crippen LogP contribution in [0.2, 0.25) is 0 Å². The van der Waals surface area contributed by atoms with Crippen molar-refractivity contribution in [3.8, 4) is 22.8 Å². The molecule has 0 atom stereocenters. The summed E-state index contributed by atoms with van der Waals surface area (Å²) in [5.74, 6) is 1.89. The molecule has 2 nitrogen and oxygen atoms in total. The molecule has 0 unspecified atom stereocenters. The van der Waals surface area contributed by atoms with E-state index in [2.05, 4.69) is 93.9 Å². The zero-order valence-electron chi connectivity index (χ0n) is 17.3. The molecule has 2 heteroatoms. The van der Waals surface area contributed by atoms with Gasteiger partial charge in [0.2, 0.25) is 5.52 Å². The summed E-state index contributed by atoms with van der Waals surface area (Å²) in [4.78, 5) is 0. The summed E-state index contributed by atoms with van der Waals surface area (Å²) in [6.45, 7) is 9.05. The maximum absolute atomic E-state index is 6.41. The number of aryl methyl sites for hydroxylation is 2. The number of pyridine rings is 1. The fourth-order valence-corrected chi connectivity index (χ4v) is 4.57. The number of hydrogen-bond donors (Lipinski definition) is 0. The van der Waals surface area contributed by atoms with Crippen LogP contribution in [-0.2, 0) is 13.5 Å². The van der Waals surface area contributed by atoms with E-state index in [0.29, 0.717) is 0 Å². The Morgan fingerprint density at radius 2 is 1.71 bits per heavy atom. The fraction of sp³-hybridized carbons (Fsp3) is 0.269. The summed E-state index contributed by atoms with van der Waals surface area (Å²) in [7, 11) is 2.15. The van der Waals surface area contributed by atoms with E-state index in [0.717, 1.165) is 23.6 Å². The van der Waals surface area contributed by atoms with Crippen molar-refractivity contribution in [3.05, 3.63) is 65.7 Å². The predicted molar refractivity (Wildman–Crippen MR) is 116 cm³/mol. The first-order valence-corrected chi connectivity index (χ1v) is 9.98. The van der Waals surface area contributed by atoms with E-state index >= 15 is 0 Å². The van der Waals surface area contributed by atoms with Crippen LogP contribution in [0.15, 0.2) is 54.6 Å². The standard InChI is InChI=1S/C26H26NO/c1-16-9-11-18-7-6-8-21-24(18)23(16)25-22(28-21)14-19-13-17(15-26(2,3)4)10-12-20(19)27(25)5/h6-14H,15H2,1-5H3/q+1. The summed E-state index contributed by atoms with van der Waals surface area (Å²) >= 11 is 0. The number of benzene rings is 3. The molecule has 28 heavy (non-hydrogen) atoms. The number of ether oxygens (including phenoxy) is 1. The Morgan fingerprint density at radius 1 is 0.893 bits per heavy atom. The molecular weight excluding hydrogens is 342 g/mol. The average Bonchev–Trinajstić information content (AvgIpc) is 2.62. The second-order valence-electron chi connectivity index (χ2n) is 9.26.